The standard InChI is InChI=1S/C21H30N4O4/c1-4-7-22-21(26)18-15-29-20(23-18)14-25-10-8-24(9-11-25)13-16-12-17(27-2)5-6-19(16)28-3/h5-6,12,15H,4,7-11,13-14H2,1-3H3,(H,22,26). The molecule has 0 spiro atoms. The van der Waals surface area contributed by atoms with Crippen molar-refractivity contribution >= 4 is 5.91 Å². The van der Waals surface area contributed by atoms with Gasteiger partial charge in [-0.1, -0.05) is 6.92 Å². The third-order valence-electron chi connectivity index (χ3n) is 5.03. The Kier molecular flexibility index (Phi) is 7.48. The van der Waals surface area contributed by atoms with E-state index in [4.69, 9.17) is 13.9 Å². The molecule has 0 radical (unpaired) electrons. The Morgan fingerprint density at radius 2 is 1.86 bits per heavy atom. The number of amides is 1. The number of benzene rings is 1. The molecule has 1 aliphatic rings. The lowest BCUT2D eigenvalue weighted by Gasteiger charge is -2.34. The van der Waals surface area contributed by atoms with Gasteiger partial charge in [-0.25, -0.2) is 4.98 Å². The summed E-state index contributed by atoms with van der Waals surface area (Å²) in [5.41, 5.74) is 1.47. The molecule has 0 saturated carbocycles. The fourth-order valence-electron chi connectivity index (χ4n) is 3.36. The molecule has 1 aromatic heterocycles. The lowest BCUT2D eigenvalue weighted by atomic mass is 10.1. The summed E-state index contributed by atoms with van der Waals surface area (Å²) < 4.78 is 16.3. The Hall–Kier alpha value is -2.58. The van der Waals surface area contributed by atoms with Crippen LogP contribution in [0.5, 0.6) is 11.5 Å². The first-order valence-electron chi connectivity index (χ1n) is 10.0. The van der Waals surface area contributed by atoms with E-state index in [-0.39, 0.29) is 5.91 Å². The Morgan fingerprint density at radius 3 is 2.52 bits per heavy atom. The normalized spacial score (nSPS) is 15.3. The van der Waals surface area contributed by atoms with E-state index in [1.54, 1.807) is 14.2 Å². The third-order valence-corrected chi connectivity index (χ3v) is 5.03. The topological polar surface area (TPSA) is 80.1 Å². The molecule has 0 bridgehead atoms. The number of carbonyl (C=O) groups is 1. The van der Waals surface area contributed by atoms with Gasteiger partial charge in [-0.2, -0.15) is 0 Å². The van der Waals surface area contributed by atoms with Gasteiger partial charge in [-0.05, 0) is 24.6 Å². The fraction of sp³-hybridized carbons (Fsp3) is 0.524. The van der Waals surface area contributed by atoms with Crippen molar-refractivity contribution < 1.29 is 18.7 Å². The second kappa shape index (κ2) is 10.3. The molecule has 3 rings (SSSR count). The van der Waals surface area contributed by atoms with Crippen LogP contribution >= 0.6 is 0 Å². The van der Waals surface area contributed by atoms with E-state index >= 15 is 0 Å². The first kappa shape index (κ1) is 21.1. The van der Waals surface area contributed by atoms with Gasteiger partial charge in [-0.15, -0.1) is 0 Å². The number of oxazole rings is 1. The number of methoxy groups -OCH3 is 2. The van der Waals surface area contributed by atoms with Crippen LogP contribution in [0.3, 0.4) is 0 Å². The zero-order valence-corrected chi connectivity index (χ0v) is 17.4. The number of hydrogen-bond donors (Lipinski definition) is 1. The van der Waals surface area contributed by atoms with E-state index < -0.39 is 0 Å². The zero-order valence-electron chi connectivity index (χ0n) is 17.4. The maximum absolute atomic E-state index is 12.0. The lowest BCUT2D eigenvalue weighted by Crippen LogP contribution is -2.45. The van der Waals surface area contributed by atoms with Crippen molar-refractivity contribution in [3.8, 4) is 11.5 Å². The maximum atomic E-state index is 12.0. The van der Waals surface area contributed by atoms with Gasteiger partial charge >= 0.3 is 0 Å². The van der Waals surface area contributed by atoms with Crippen molar-refractivity contribution in [2.75, 3.05) is 46.9 Å². The summed E-state index contributed by atoms with van der Waals surface area (Å²) in [6, 6.07) is 5.89. The smallest absolute Gasteiger partial charge is 0.273 e. The van der Waals surface area contributed by atoms with Gasteiger partial charge in [0.2, 0.25) is 5.89 Å². The Labute approximate surface area is 171 Å². The van der Waals surface area contributed by atoms with E-state index in [2.05, 4.69) is 20.1 Å². The van der Waals surface area contributed by atoms with E-state index in [0.717, 1.165) is 56.2 Å². The van der Waals surface area contributed by atoms with Crippen molar-refractivity contribution in [3.05, 3.63) is 41.6 Å². The van der Waals surface area contributed by atoms with Gasteiger partial charge in [0, 0.05) is 44.8 Å². The predicted molar refractivity (Wildman–Crippen MR) is 109 cm³/mol. The highest BCUT2D eigenvalue weighted by Crippen LogP contribution is 2.25. The Bertz CT molecular complexity index is 800. The predicted octanol–water partition coefficient (Wildman–Crippen LogP) is 2.15. The highest BCUT2D eigenvalue weighted by molar-refractivity contribution is 5.91. The summed E-state index contributed by atoms with van der Waals surface area (Å²) in [6.07, 6.45) is 2.33. The monoisotopic (exact) mass is 402 g/mol. The van der Waals surface area contributed by atoms with Gasteiger partial charge < -0.3 is 19.2 Å². The largest absolute Gasteiger partial charge is 0.497 e. The molecule has 2 aromatic rings. The van der Waals surface area contributed by atoms with Crippen molar-refractivity contribution in [3.63, 3.8) is 0 Å². The molecular formula is C21H30N4O4. The molecule has 0 aliphatic carbocycles. The highest BCUT2D eigenvalue weighted by atomic mass is 16.5. The second-order valence-electron chi connectivity index (χ2n) is 7.11. The van der Waals surface area contributed by atoms with Gasteiger partial charge in [-0.3, -0.25) is 14.6 Å². The Morgan fingerprint density at radius 1 is 1.14 bits per heavy atom. The minimum atomic E-state index is -0.182. The lowest BCUT2D eigenvalue weighted by molar-refractivity contribution is 0.0948. The molecule has 29 heavy (non-hydrogen) atoms. The van der Waals surface area contributed by atoms with Gasteiger partial charge in [0.15, 0.2) is 5.69 Å². The Balaban J connectivity index is 1.50. The van der Waals surface area contributed by atoms with Crippen LogP contribution < -0.4 is 14.8 Å². The van der Waals surface area contributed by atoms with E-state index in [1.807, 2.05) is 25.1 Å². The SMILES string of the molecule is CCCNC(=O)c1coc(CN2CCN(Cc3cc(OC)ccc3OC)CC2)n1. The number of nitrogens with one attached hydrogen (secondary N) is 1. The summed E-state index contributed by atoms with van der Waals surface area (Å²) in [6.45, 7) is 7.76. The molecule has 8 nitrogen and oxygen atoms in total. The molecular weight excluding hydrogens is 372 g/mol. The number of ether oxygens (including phenoxy) is 2. The van der Waals surface area contributed by atoms with Gasteiger partial charge in [0.05, 0.1) is 20.8 Å². The summed E-state index contributed by atoms with van der Waals surface area (Å²) in [4.78, 5) is 21.0. The maximum Gasteiger partial charge on any atom is 0.273 e. The molecule has 1 saturated heterocycles. The fourth-order valence-corrected chi connectivity index (χ4v) is 3.36. The van der Waals surface area contributed by atoms with Crippen LogP contribution in [0.15, 0.2) is 28.9 Å². The molecule has 8 heteroatoms. The number of rotatable bonds is 9. The summed E-state index contributed by atoms with van der Waals surface area (Å²) in [5.74, 6) is 2.11. The number of hydrogen-bond acceptors (Lipinski definition) is 7. The molecule has 1 amide bonds. The minimum absolute atomic E-state index is 0.182. The molecule has 1 aromatic carbocycles. The molecule has 1 N–H and O–H groups in total. The summed E-state index contributed by atoms with van der Waals surface area (Å²) >= 11 is 0. The number of piperazine rings is 1. The second-order valence-corrected chi connectivity index (χ2v) is 7.11. The first-order chi connectivity index (χ1) is 14.1. The van der Waals surface area contributed by atoms with Crippen molar-refractivity contribution in [2.24, 2.45) is 0 Å². The number of nitrogens with zero attached hydrogens (tertiary/aromatic N) is 3. The summed E-state index contributed by atoms with van der Waals surface area (Å²) in [7, 11) is 3.36. The quantitative estimate of drug-likeness (QED) is 0.688. The van der Waals surface area contributed by atoms with Crippen LogP contribution in [0.2, 0.25) is 0 Å². The average molecular weight is 402 g/mol. The van der Waals surface area contributed by atoms with Crippen molar-refractivity contribution in [2.45, 2.75) is 26.4 Å². The molecule has 2 heterocycles. The first-order valence-corrected chi connectivity index (χ1v) is 10.0. The van der Waals surface area contributed by atoms with Crippen LogP contribution in [-0.4, -0.2) is 67.6 Å². The number of carbonyl (C=O) groups excluding carboxylic acids is 1. The van der Waals surface area contributed by atoms with Gasteiger partial charge in [0.25, 0.3) is 5.91 Å². The summed E-state index contributed by atoms with van der Waals surface area (Å²) in [5, 5.41) is 2.81. The molecule has 1 aliphatic heterocycles. The van der Waals surface area contributed by atoms with Crippen LogP contribution in [-0.2, 0) is 13.1 Å². The average Bonchev–Trinajstić information content (AvgIpc) is 3.22. The van der Waals surface area contributed by atoms with Crippen LogP contribution in [0.4, 0.5) is 0 Å². The number of aromatic nitrogens is 1. The van der Waals surface area contributed by atoms with Gasteiger partial charge in [0.1, 0.15) is 17.8 Å². The third kappa shape index (κ3) is 5.71. The minimum Gasteiger partial charge on any atom is -0.497 e. The van der Waals surface area contributed by atoms with Crippen molar-refractivity contribution in [1.29, 1.82) is 0 Å². The van der Waals surface area contributed by atoms with Crippen LogP contribution in [0, 0.1) is 0 Å². The zero-order chi connectivity index (χ0) is 20.6. The highest BCUT2D eigenvalue weighted by Gasteiger charge is 2.21. The molecule has 0 unspecified atom stereocenters. The van der Waals surface area contributed by atoms with E-state index in [9.17, 15) is 4.79 Å². The van der Waals surface area contributed by atoms with Crippen molar-refractivity contribution in [1.82, 2.24) is 20.1 Å². The van der Waals surface area contributed by atoms with Crippen LogP contribution in [0.25, 0.3) is 0 Å². The molecule has 1 fully saturated rings. The molecule has 0 atom stereocenters. The molecule has 158 valence electrons. The van der Waals surface area contributed by atoms with E-state index in [0.29, 0.717) is 24.7 Å². The van der Waals surface area contributed by atoms with Crippen LogP contribution in [0.1, 0.15) is 35.3 Å². The van der Waals surface area contributed by atoms with E-state index in [1.165, 1.54) is 6.26 Å².